The van der Waals surface area contributed by atoms with E-state index in [-0.39, 0.29) is 17.7 Å². The lowest BCUT2D eigenvalue weighted by molar-refractivity contribution is -0.131. The summed E-state index contributed by atoms with van der Waals surface area (Å²) in [4.78, 5) is 71.9. The summed E-state index contributed by atoms with van der Waals surface area (Å²) < 4.78 is 11.6. The molecule has 438 valence electrons. The van der Waals surface area contributed by atoms with Crippen molar-refractivity contribution in [3.8, 4) is 33.8 Å². The number of amides is 3. The maximum atomic E-state index is 12.6. The molecule has 3 aliphatic heterocycles. The molecule has 12 bridgehead atoms. The van der Waals surface area contributed by atoms with Gasteiger partial charge in [-0.05, 0) is 44.7 Å². The number of carbonyl (C=O) groups is 3. The van der Waals surface area contributed by atoms with E-state index in [1.54, 1.807) is 28.7 Å². The van der Waals surface area contributed by atoms with Gasteiger partial charge in [0.1, 0.15) is 0 Å². The average Bonchev–Trinajstić information content (AvgIpc) is 4.59. The minimum absolute atomic E-state index is 0.101. The van der Waals surface area contributed by atoms with E-state index >= 15 is 0 Å². The van der Waals surface area contributed by atoms with Crippen molar-refractivity contribution in [3.05, 3.63) is 172 Å². The number of rotatable bonds is 0. The second-order valence-corrected chi connectivity index (χ2v) is 23.2. The third-order valence-corrected chi connectivity index (χ3v) is 16.8. The summed E-state index contributed by atoms with van der Waals surface area (Å²) in [5.41, 5.74) is 21.2. The largest absolute Gasteiger partial charge is 0.354 e. The highest BCUT2D eigenvalue weighted by Gasteiger charge is 2.28. The first-order valence-corrected chi connectivity index (χ1v) is 29.5. The van der Waals surface area contributed by atoms with Crippen LogP contribution < -0.4 is 0 Å². The molecule has 3 aliphatic carbocycles. The van der Waals surface area contributed by atoms with Crippen LogP contribution in [-0.2, 0) is 94.1 Å². The standard InChI is InChI=1S/C22H24N6O.C21H23N7O.C21H22N6O/c1-26-14-20-17(13-27(2)25-20)19-11-23-18-7-6-16(22(18)24-19)15-8-10-28(12-15)9-4-3-5-21(26)29;1-13-15-11-28(24-13)8-4-5-20(29)26(2)12-19-16(10-27(3)25-19)18-9-22-17-7-6-14(15)21(17)23-18;1-25-13-19-16(12-26(2)24-19)18-10-22-17-6-5-15(21(17)23-18)14-7-9-27(11-14)8-3-4-20(25)28/h6,8,10-13H,3-5,7,9,14H2,1-2H3;6,9-11H,4-5,7-8,12H2,1-3H3;5,7,9-12H,3-4,6,8,13H2,1-2H3. The highest BCUT2D eigenvalue weighted by atomic mass is 16.2. The van der Waals surface area contributed by atoms with Crippen LogP contribution in [0.5, 0.6) is 0 Å². The number of nitrogens with zero attached hydrogens (tertiary/aromatic N) is 19. The zero-order chi connectivity index (χ0) is 59.3. The normalized spacial score (nSPS) is 16.5. The number of fused-ring (bicyclic) bond motifs is 18. The van der Waals surface area contributed by atoms with Gasteiger partial charge in [-0.25, -0.2) is 15.0 Å². The molecule has 9 aromatic rings. The number of hydrogen-bond acceptors (Lipinski definition) is 13. The second-order valence-electron chi connectivity index (χ2n) is 23.2. The third kappa shape index (κ3) is 11.1. The lowest BCUT2D eigenvalue weighted by atomic mass is 10.1. The van der Waals surface area contributed by atoms with Gasteiger partial charge in [0.2, 0.25) is 17.7 Å². The van der Waals surface area contributed by atoms with Gasteiger partial charge in [-0.2, -0.15) is 20.4 Å². The molecule has 15 rings (SSSR count). The molecular weight excluding hydrogens is 1080 g/mol. The SMILES string of the molecule is CN1Cc2nn(C)cc2-c2cnc3c(n2)C(=CC3)c2ccn(c2)CCCC1=O.CN1Cc2nn(C)cc2-c2cnc3c(n2)C(=CC3)c2ccn(c2)CCCCC1=O.Cc1nn2cc1C1=CCc3ncc(nc31)-c1cn(C)nc1CN(C)C(=O)CCC2. The van der Waals surface area contributed by atoms with Crippen LogP contribution in [0, 0.1) is 6.92 Å². The lowest BCUT2D eigenvalue weighted by Gasteiger charge is -2.17. The number of allylic oxidation sites excluding steroid dienone is 3. The van der Waals surface area contributed by atoms with Crippen molar-refractivity contribution in [2.75, 3.05) is 21.1 Å². The molecule has 12 heterocycles. The molecule has 0 atom stereocenters. The Labute approximate surface area is 498 Å². The van der Waals surface area contributed by atoms with Crippen molar-refractivity contribution in [2.45, 2.75) is 110 Å². The summed E-state index contributed by atoms with van der Waals surface area (Å²) in [5, 5.41) is 18.4. The van der Waals surface area contributed by atoms with Crippen LogP contribution in [0.4, 0.5) is 0 Å². The topological polar surface area (TPSA) is 219 Å². The maximum absolute atomic E-state index is 12.6. The second kappa shape index (κ2) is 23.0. The van der Waals surface area contributed by atoms with Gasteiger partial charge in [0.05, 0.1) is 112 Å². The minimum atomic E-state index is 0.101. The summed E-state index contributed by atoms with van der Waals surface area (Å²) in [6.45, 7) is 5.83. The number of carbonyl (C=O) groups excluding carboxylic acids is 3. The summed E-state index contributed by atoms with van der Waals surface area (Å²) in [6.07, 6.45) is 35.8. The van der Waals surface area contributed by atoms with Gasteiger partial charge in [0.15, 0.2) is 0 Å². The molecule has 0 aromatic carbocycles. The van der Waals surface area contributed by atoms with Crippen molar-refractivity contribution in [2.24, 2.45) is 21.1 Å². The molecule has 22 nitrogen and oxygen atoms in total. The molecule has 6 aliphatic rings. The van der Waals surface area contributed by atoms with Crippen LogP contribution in [0.25, 0.3) is 50.5 Å². The van der Waals surface area contributed by atoms with Gasteiger partial charge >= 0.3 is 0 Å². The van der Waals surface area contributed by atoms with Crippen LogP contribution >= 0.6 is 0 Å². The van der Waals surface area contributed by atoms with E-state index in [9.17, 15) is 14.4 Å². The van der Waals surface area contributed by atoms with E-state index in [1.807, 2.05) is 91.1 Å². The fourth-order valence-electron chi connectivity index (χ4n) is 12.2. The summed E-state index contributed by atoms with van der Waals surface area (Å²) in [6, 6.07) is 4.26. The quantitative estimate of drug-likeness (QED) is 0.145. The van der Waals surface area contributed by atoms with E-state index in [4.69, 9.17) is 19.9 Å². The highest BCUT2D eigenvalue weighted by molar-refractivity contribution is 5.86. The van der Waals surface area contributed by atoms with E-state index in [0.29, 0.717) is 45.4 Å². The Bertz CT molecular complexity index is 4230. The molecule has 0 saturated carbocycles. The van der Waals surface area contributed by atoms with Crippen LogP contribution in [0.3, 0.4) is 0 Å². The van der Waals surface area contributed by atoms with Gasteiger partial charge in [-0.3, -0.25) is 48.1 Å². The summed E-state index contributed by atoms with van der Waals surface area (Å²) in [5.74, 6) is 0.374. The summed E-state index contributed by atoms with van der Waals surface area (Å²) >= 11 is 0. The molecule has 3 amide bonds. The number of hydrogen-bond donors (Lipinski definition) is 0. The molecule has 0 N–H and O–H groups in total. The first kappa shape index (κ1) is 55.5. The first-order valence-electron chi connectivity index (χ1n) is 29.5. The number of aryl methyl sites for hydroxylation is 7. The molecule has 0 saturated heterocycles. The van der Waals surface area contributed by atoms with Crippen molar-refractivity contribution >= 4 is 34.4 Å². The Hall–Kier alpha value is -9.73. The molecule has 0 fully saturated rings. The lowest BCUT2D eigenvalue weighted by Crippen LogP contribution is -2.26. The van der Waals surface area contributed by atoms with Crippen molar-refractivity contribution in [1.29, 1.82) is 0 Å². The van der Waals surface area contributed by atoms with Crippen LogP contribution in [0.1, 0.15) is 119 Å². The van der Waals surface area contributed by atoms with E-state index in [2.05, 4.69) is 101 Å². The zero-order valence-electron chi connectivity index (χ0n) is 49.8. The van der Waals surface area contributed by atoms with Gasteiger partial charge in [0, 0.05) is 200 Å². The van der Waals surface area contributed by atoms with Gasteiger partial charge < -0.3 is 23.8 Å². The highest BCUT2D eigenvalue weighted by Crippen LogP contribution is 2.37. The maximum Gasteiger partial charge on any atom is 0.222 e. The predicted octanol–water partition coefficient (Wildman–Crippen LogP) is 7.35. The first-order chi connectivity index (χ1) is 41.7. The zero-order valence-corrected chi connectivity index (χ0v) is 49.8. The third-order valence-electron chi connectivity index (χ3n) is 16.8. The fraction of sp³-hybridized carbons (Fsp3) is 0.359. The van der Waals surface area contributed by atoms with Crippen LogP contribution in [0.15, 0.2) is 98.5 Å². The monoisotopic (exact) mass is 1150 g/mol. The van der Waals surface area contributed by atoms with Crippen LogP contribution in [-0.4, -0.2) is 132 Å². The average molecular weight is 1150 g/mol. The molecule has 0 unspecified atom stereocenters. The van der Waals surface area contributed by atoms with Crippen molar-refractivity contribution in [3.63, 3.8) is 0 Å². The van der Waals surface area contributed by atoms with Gasteiger partial charge in [0.25, 0.3) is 0 Å². The van der Waals surface area contributed by atoms with Gasteiger partial charge in [-0.15, -0.1) is 0 Å². The van der Waals surface area contributed by atoms with Crippen molar-refractivity contribution in [1.82, 2.24) is 92.9 Å². The van der Waals surface area contributed by atoms with E-state index < -0.39 is 0 Å². The Morgan fingerprint density at radius 1 is 0.407 bits per heavy atom. The molecule has 86 heavy (non-hydrogen) atoms. The Kier molecular flexibility index (Phi) is 14.9. The predicted molar refractivity (Wildman–Crippen MR) is 323 cm³/mol. The minimum Gasteiger partial charge on any atom is -0.354 e. The molecule has 9 aromatic heterocycles. The number of aromatic nitrogens is 16. The van der Waals surface area contributed by atoms with E-state index in [0.717, 1.165) is 177 Å². The van der Waals surface area contributed by atoms with Gasteiger partial charge in [-0.1, -0.05) is 18.2 Å². The smallest absolute Gasteiger partial charge is 0.222 e. The van der Waals surface area contributed by atoms with E-state index in [1.165, 1.54) is 5.56 Å². The Balaban J connectivity index is 0.000000120. The summed E-state index contributed by atoms with van der Waals surface area (Å²) in [7, 11) is 11.2. The molecule has 22 heteroatoms. The molecule has 0 spiro atoms. The Morgan fingerprint density at radius 2 is 0.802 bits per heavy atom. The fourth-order valence-corrected chi connectivity index (χ4v) is 12.2. The molecule has 0 radical (unpaired) electrons. The Morgan fingerprint density at radius 3 is 1.26 bits per heavy atom. The van der Waals surface area contributed by atoms with Crippen molar-refractivity contribution < 1.29 is 14.4 Å². The van der Waals surface area contributed by atoms with Crippen LogP contribution in [0.2, 0.25) is 0 Å². The molecular formula is C64H69N19O3.